The SMILES string of the molecule is CNC(=O)c1cccc2nc(C3=CCc4c3cc(F)c(C)c4F)ccc12. The standard InChI is InChI=1S/C21H16F2N2O/c1-11-17(22)10-16-13(6-7-14(16)20(11)23)19-9-8-12-15(21(26)24-2)4-3-5-18(12)25-19/h3-6,8-10H,7H2,1-2H3,(H,24,26). The van der Waals surface area contributed by atoms with Gasteiger partial charge in [0.1, 0.15) is 11.6 Å². The van der Waals surface area contributed by atoms with Gasteiger partial charge in [-0.25, -0.2) is 13.8 Å². The van der Waals surface area contributed by atoms with Gasteiger partial charge in [0.15, 0.2) is 0 Å². The van der Waals surface area contributed by atoms with Crippen molar-refractivity contribution in [2.24, 2.45) is 0 Å². The smallest absolute Gasteiger partial charge is 0.251 e. The lowest BCUT2D eigenvalue weighted by Gasteiger charge is -2.11. The van der Waals surface area contributed by atoms with Crippen LogP contribution in [0.1, 0.15) is 32.7 Å². The molecule has 130 valence electrons. The van der Waals surface area contributed by atoms with Crippen molar-refractivity contribution in [2.45, 2.75) is 13.3 Å². The zero-order valence-electron chi connectivity index (χ0n) is 14.4. The molecule has 0 saturated carbocycles. The van der Waals surface area contributed by atoms with Gasteiger partial charge in [-0.15, -0.1) is 0 Å². The van der Waals surface area contributed by atoms with Gasteiger partial charge in [0.05, 0.1) is 11.2 Å². The minimum atomic E-state index is -0.559. The van der Waals surface area contributed by atoms with E-state index in [0.717, 1.165) is 5.39 Å². The molecular formula is C21H16F2N2O. The lowest BCUT2D eigenvalue weighted by atomic mass is 9.99. The fourth-order valence-corrected chi connectivity index (χ4v) is 3.41. The number of hydrogen-bond donors (Lipinski definition) is 1. The second-order valence-electron chi connectivity index (χ2n) is 6.29. The van der Waals surface area contributed by atoms with Crippen LogP contribution >= 0.6 is 0 Å². The van der Waals surface area contributed by atoms with Crippen LogP contribution in [0.25, 0.3) is 16.5 Å². The summed E-state index contributed by atoms with van der Waals surface area (Å²) in [6, 6.07) is 10.3. The zero-order chi connectivity index (χ0) is 18.4. The Morgan fingerprint density at radius 3 is 2.77 bits per heavy atom. The van der Waals surface area contributed by atoms with E-state index in [2.05, 4.69) is 10.3 Å². The Labute approximate surface area is 149 Å². The molecule has 0 radical (unpaired) electrons. The maximum Gasteiger partial charge on any atom is 0.251 e. The third kappa shape index (κ3) is 2.39. The molecule has 2 aromatic carbocycles. The second kappa shape index (κ2) is 6.02. The number of nitrogens with zero attached hydrogens (tertiary/aromatic N) is 1. The third-order valence-corrected chi connectivity index (χ3v) is 4.83. The first-order valence-electron chi connectivity index (χ1n) is 8.31. The highest BCUT2D eigenvalue weighted by Gasteiger charge is 2.23. The molecule has 1 aliphatic rings. The van der Waals surface area contributed by atoms with Gasteiger partial charge in [-0.3, -0.25) is 4.79 Å². The van der Waals surface area contributed by atoms with Crippen LogP contribution in [-0.2, 0) is 6.42 Å². The quantitative estimate of drug-likeness (QED) is 0.754. The Kier molecular flexibility index (Phi) is 3.80. The highest BCUT2D eigenvalue weighted by Crippen LogP contribution is 2.36. The van der Waals surface area contributed by atoms with Crippen LogP contribution in [0, 0.1) is 18.6 Å². The normalized spacial score (nSPS) is 12.8. The molecule has 26 heavy (non-hydrogen) atoms. The number of carbonyl (C=O) groups is 1. The molecule has 1 N–H and O–H groups in total. The van der Waals surface area contributed by atoms with E-state index in [0.29, 0.717) is 39.9 Å². The van der Waals surface area contributed by atoms with Crippen LogP contribution in [-0.4, -0.2) is 17.9 Å². The molecule has 0 unspecified atom stereocenters. The summed E-state index contributed by atoms with van der Waals surface area (Å²) in [6.45, 7) is 1.44. The van der Waals surface area contributed by atoms with Gasteiger partial charge >= 0.3 is 0 Å². The van der Waals surface area contributed by atoms with E-state index in [-0.39, 0.29) is 11.5 Å². The topological polar surface area (TPSA) is 42.0 Å². The van der Waals surface area contributed by atoms with E-state index in [9.17, 15) is 13.6 Å². The summed E-state index contributed by atoms with van der Waals surface area (Å²) in [5.41, 5.74) is 3.63. The first kappa shape index (κ1) is 16.4. The summed E-state index contributed by atoms with van der Waals surface area (Å²) < 4.78 is 28.4. The summed E-state index contributed by atoms with van der Waals surface area (Å²) in [5.74, 6) is -1.24. The van der Waals surface area contributed by atoms with Gasteiger partial charge < -0.3 is 5.32 Å². The average Bonchev–Trinajstić information content (AvgIpc) is 3.08. The molecule has 0 fully saturated rings. The van der Waals surface area contributed by atoms with Gasteiger partial charge in [-0.1, -0.05) is 12.1 Å². The highest BCUT2D eigenvalue weighted by molar-refractivity contribution is 6.06. The van der Waals surface area contributed by atoms with Gasteiger partial charge in [0.25, 0.3) is 5.91 Å². The average molecular weight is 350 g/mol. The number of pyridine rings is 1. The minimum Gasteiger partial charge on any atom is -0.355 e. The molecule has 0 spiro atoms. The van der Waals surface area contributed by atoms with E-state index < -0.39 is 11.6 Å². The highest BCUT2D eigenvalue weighted by atomic mass is 19.1. The molecule has 0 atom stereocenters. The molecule has 0 aliphatic heterocycles. The fraction of sp³-hybridized carbons (Fsp3) is 0.143. The lowest BCUT2D eigenvalue weighted by Crippen LogP contribution is -2.18. The minimum absolute atomic E-state index is 0.0418. The molecule has 4 rings (SSSR count). The number of allylic oxidation sites excluding steroid dienone is 1. The van der Waals surface area contributed by atoms with Crippen molar-refractivity contribution >= 4 is 22.4 Å². The molecule has 1 heterocycles. The molecule has 0 saturated heterocycles. The molecule has 3 aromatic rings. The number of benzene rings is 2. The summed E-state index contributed by atoms with van der Waals surface area (Å²) in [4.78, 5) is 16.6. The molecule has 1 aliphatic carbocycles. The number of aromatic nitrogens is 1. The summed E-state index contributed by atoms with van der Waals surface area (Å²) >= 11 is 0. The Balaban J connectivity index is 1.85. The summed E-state index contributed by atoms with van der Waals surface area (Å²) in [5, 5.41) is 3.34. The van der Waals surface area contributed by atoms with Crippen molar-refractivity contribution in [3.63, 3.8) is 0 Å². The van der Waals surface area contributed by atoms with Crippen LogP contribution < -0.4 is 5.32 Å². The fourth-order valence-electron chi connectivity index (χ4n) is 3.41. The van der Waals surface area contributed by atoms with E-state index in [1.807, 2.05) is 18.2 Å². The third-order valence-electron chi connectivity index (χ3n) is 4.83. The molecular weight excluding hydrogens is 334 g/mol. The monoisotopic (exact) mass is 350 g/mol. The van der Waals surface area contributed by atoms with Crippen LogP contribution in [0.5, 0.6) is 0 Å². The molecule has 3 nitrogen and oxygen atoms in total. The van der Waals surface area contributed by atoms with Crippen LogP contribution in [0.3, 0.4) is 0 Å². The summed E-state index contributed by atoms with van der Waals surface area (Å²) in [7, 11) is 1.58. The van der Waals surface area contributed by atoms with Gasteiger partial charge in [0.2, 0.25) is 0 Å². The Morgan fingerprint density at radius 2 is 2.00 bits per heavy atom. The predicted octanol–water partition coefficient (Wildman–Crippen LogP) is 4.17. The number of halogens is 2. The van der Waals surface area contributed by atoms with E-state index in [1.165, 1.54) is 13.0 Å². The van der Waals surface area contributed by atoms with Crippen LogP contribution in [0.4, 0.5) is 8.78 Å². The van der Waals surface area contributed by atoms with Gasteiger partial charge in [-0.2, -0.15) is 0 Å². The van der Waals surface area contributed by atoms with Crippen molar-refractivity contribution in [3.8, 4) is 0 Å². The van der Waals surface area contributed by atoms with Gasteiger partial charge in [0, 0.05) is 29.1 Å². The van der Waals surface area contributed by atoms with Crippen molar-refractivity contribution in [3.05, 3.63) is 82.1 Å². The first-order valence-corrected chi connectivity index (χ1v) is 8.31. The maximum absolute atomic E-state index is 14.3. The molecule has 1 amide bonds. The number of nitrogens with one attached hydrogen (secondary N) is 1. The van der Waals surface area contributed by atoms with Crippen molar-refractivity contribution < 1.29 is 13.6 Å². The van der Waals surface area contributed by atoms with Crippen LogP contribution in [0.2, 0.25) is 0 Å². The molecule has 1 aromatic heterocycles. The number of amides is 1. The van der Waals surface area contributed by atoms with Crippen molar-refractivity contribution in [2.75, 3.05) is 7.05 Å². The first-order chi connectivity index (χ1) is 12.5. The summed E-state index contributed by atoms with van der Waals surface area (Å²) in [6.07, 6.45) is 2.28. The Hall–Kier alpha value is -3.08. The largest absolute Gasteiger partial charge is 0.355 e. The number of hydrogen-bond acceptors (Lipinski definition) is 2. The van der Waals surface area contributed by atoms with Crippen molar-refractivity contribution in [1.82, 2.24) is 10.3 Å². The predicted molar refractivity (Wildman–Crippen MR) is 97.0 cm³/mol. The maximum atomic E-state index is 14.3. The molecule has 5 heteroatoms. The Bertz CT molecular complexity index is 1100. The van der Waals surface area contributed by atoms with E-state index in [1.54, 1.807) is 25.2 Å². The van der Waals surface area contributed by atoms with Crippen molar-refractivity contribution in [1.29, 1.82) is 0 Å². The lowest BCUT2D eigenvalue weighted by molar-refractivity contribution is 0.0964. The van der Waals surface area contributed by atoms with E-state index >= 15 is 0 Å². The Morgan fingerprint density at radius 1 is 1.19 bits per heavy atom. The van der Waals surface area contributed by atoms with Crippen LogP contribution in [0.15, 0.2) is 42.5 Å². The zero-order valence-corrected chi connectivity index (χ0v) is 14.4. The molecule has 0 bridgehead atoms. The number of rotatable bonds is 2. The second-order valence-corrected chi connectivity index (χ2v) is 6.29. The van der Waals surface area contributed by atoms with E-state index in [4.69, 9.17) is 0 Å². The number of fused-ring (bicyclic) bond motifs is 2. The number of carbonyl (C=O) groups excluding carboxylic acids is 1. The van der Waals surface area contributed by atoms with Gasteiger partial charge in [-0.05, 0) is 54.8 Å².